The van der Waals surface area contributed by atoms with E-state index in [4.69, 9.17) is 16.6 Å². The number of H-pyrrole nitrogens is 2. The van der Waals surface area contributed by atoms with Crippen molar-refractivity contribution in [2.45, 2.75) is 0 Å². The van der Waals surface area contributed by atoms with Gasteiger partial charge in [-0.15, -0.1) is 0 Å². The highest BCUT2D eigenvalue weighted by Gasteiger charge is 2.17. The molecule has 0 atom stereocenters. The second kappa shape index (κ2) is 6.55. The summed E-state index contributed by atoms with van der Waals surface area (Å²) in [6.07, 6.45) is 5.43. The van der Waals surface area contributed by atoms with Crippen LogP contribution in [0.5, 0.6) is 0 Å². The molecule has 7 heteroatoms. The molecule has 0 fully saturated rings. The van der Waals surface area contributed by atoms with Crippen LogP contribution < -0.4 is 5.56 Å². The molecule has 3 aromatic heterocycles. The number of nitrogens with zero attached hydrogens (tertiary/aromatic N) is 3. The highest BCUT2D eigenvalue weighted by molar-refractivity contribution is 6.33. The number of hydrogen-bond acceptors (Lipinski definition) is 3. The van der Waals surface area contributed by atoms with Crippen LogP contribution in [-0.4, -0.2) is 24.7 Å². The molecule has 6 nitrogen and oxygen atoms in total. The minimum Gasteiger partial charge on any atom is -0.337 e. The number of pyridine rings is 1. The molecular weight excluding hydrogens is 410 g/mol. The molecule has 3 heterocycles. The average molecular weight is 426 g/mol. The van der Waals surface area contributed by atoms with Crippen LogP contribution in [0, 0.1) is 0 Å². The minimum absolute atomic E-state index is 0.137. The molecule has 0 unspecified atom stereocenters. The number of fused-ring (bicyclic) bond motifs is 6. The first-order valence-corrected chi connectivity index (χ1v) is 10.2. The molecule has 0 spiro atoms. The predicted octanol–water partition coefficient (Wildman–Crippen LogP) is 5.28. The fourth-order valence-corrected chi connectivity index (χ4v) is 4.43. The maximum Gasteiger partial charge on any atom is 0.256 e. The SMILES string of the molecule is Cn1cc(-c2ccc3c(c2)c2c(=O)[nH]ccc2c2[nH]c(-c4ccccc4Cl)nc32)cn1. The standard InChI is InChI=1S/C24H16ClN5O/c1-30-12-14(11-27-30)13-6-7-15-18(10-13)20-17(8-9-26-24(20)31)22-21(15)28-23(29-22)16-4-2-3-5-19(16)25/h2-12H,1H3,(H,26,31)(H,28,29). The minimum atomic E-state index is -0.137. The molecule has 0 bridgehead atoms. The fourth-order valence-electron chi connectivity index (χ4n) is 4.21. The van der Waals surface area contributed by atoms with Crippen molar-refractivity contribution in [2.24, 2.45) is 7.05 Å². The van der Waals surface area contributed by atoms with Crippen molar-refractivity contribution in [2.75, 3.05) is 0 Å². The van der Waals surface area contributed by atoms with Crippen LogP contribution in [0.1, 0.15) is 0 Å². The Balaban J connectivity index is 1.75. The Hall–Kier alpha value is -3.90. The van der Waals surface area contributed by atoms with Gasteiger partial charge in [-0.3, -0.25) is 9.48 Å². The van der Waals surface area contributed by atoms with Gasteiger partial charge in [-0.05, 0) is 35.2 Å². The second-order valence-corrected chi connectivity index (χ2v) is 7.95. The van der Waals surface area contributed by atoms with Crippen molar-refractivity contribution in [1.82, 2.24) is 24.7 Å². The van der Waals surface area contributed by atoms with E-state index in [0.29, 0.717) is 16.2 Å². The first-order valence-electron chi connectivity index (χ1n) is 9.81. The molecule has 31 heavy (non-hydrogen) atoms. The van der Waals surface area contributed by atoms with E-state index in [1.54, 1.807) is 10.9 Å². The third-order valence-corrected chi connectivity index (χ3v) is 5.97. The molecule has 0 amide bonds. The van der Waals surface area contributed by atoms with Crippen molar-refractivity contribution in [1.29, 1.82) is 0 Å². The Kier molecular flexibility index (Phi) is 3.79. The Labute approximate surface area is 181 Å². The van der Waals surface area contributed by atoms with E-state index >= 15 is 0 Å². The van der Waals surface area contributed by atoms with Gasteiger partial charge in [-0.25, -0.2) is 4.98 Å². The zero-order chi connectivity index (χ0) is 21.1. The summed E-state index contributed by atoms with van der Waals surface area (Å²) in [6, 6.07) is 15.6. The molecule has 0 aliphatic heterocycles. The molecule has 6 aromatic rings. The fraction of sp³-hybridized carbons (Fsp3) is 0.0417. The van der Waals surface area contributed by atoms with Gasteiger partial charge in [0.25, 0.3) is 5.56 Å². The summed E-state index contributed by atoms with van der Waals surface area (Å²) in [5.41, 5.74) is 4.29. The lowest BCUT2D eigenvalue weighted by Crippen LogP contribution is -2.05. The second-order valence-electron chi connectivity index (χ2n) is 7.55. The highest BCUT2D eigenvalue weighted by Crippen LogP contribution is 2.36. The lowest BCUT2D eigenvalue weighted by atomic mass is 9.98. The number of benzene rings is 3. The van der Waals surface area contributed by atoms with Gasteiger partial charge in [0, 0.05) is 41.3 Å². The average Bonchev–Trinajstić information content (AvgIpc) is 3.41. The Bertz CT molecular complexity index is 1690. The largest absolute Gasteiger partial charge is 0.337 e. The van der Waals surface area contributed by atoms with Gasteiger partial charge in [0.05, 0.1) is 27.6 Å². The number of aryl methyl sites for hydroxylation is 1. The maximum atomic E-state index is 12.9. The molecule has 0 saturated heterocycles. The summed E-state index contributed by atoms with van der Waals surface area (Å²) in [5.74, 6) is 0.672. The molecule has 150 valence electrons. The lowest BCUT2D eigenvalue weighted by Gasteiger charge is -2.07. The van der Waals surface area contributed by atoms with E-state index in [2.05, 4.69) is 15.1 Å². The quantitative estimate of drug-likeness (QED) is 0.370. The molecular formula is C24H16ClN5O. The number of nitrogens with one attached hydrogen (secondary N) is 2. The zero-order valence-electron chi connectivity index (χ0n) is 16.5. The zero-order valence-corrected chi connectivity index (χ0v) is 17.2. The van der Waals surface area contributed by atoms with Crippen molar-refractivity contribution in [3.05, 3.63) is 82.5 Å². The van der Waals surface area contributed by atoms with E-state index in [1.807, 2.05) is 68.0 Å². The Morgan fingerprint density at radius 1 is 1.00 bits per heavy atom. The van der Waals surface area contributed by atoms with Gasteiger partial charge < -0.3 is 9.97 Å². The number of imidazole rings is 1. The van der Waals surface area contributed by atoms with Gasteiger partial charge in [0.15, 0.2) is 0 Å². The first-order chi connectivity index (χ1) is 15.1. The summed E-state index contributed by atoms with van der Waals surface area (Å²) < 4.78 is 1.76. The Morgan fingerprint density at radius 2 is 1.87 bits per heavy atom. The summed E-state index contributed by atoms with van der Waals surface area (Å²) in [6.45, 7) is 0. The van der Waals surface area contributed by atoms with E-state index in [0.717, 1.165) is 43.9 Å². The summed E-state index contributed by atoms with van der Waals surface area (Å²) >= 11 is 6.42. The predicted molar refractivity (Wildman–Crippen MR) is 124 cm³/mol. The molecule has 0 saturated carbocycles. The van der Waals surface area contributed by atoms with Crippen molar-refractivity contribution in [3.63, 3.8) is 0 Å². The third-order valence-electron chi connectivity index (χ3n) is 5.65. The third kappa shape index (κ3) is 2.69. The van der Waals surface area contributed by atoms with Gasteiger partial charge in [-0.1, -0.05) is 35.9 Å². The van der Waals surface area contributed by atoms with Crippen LogP contribution in [0.15, 0.2) is 71.9 Å². The van der Waals surface area contributed by atoms with E-state index in [1.165, 1.54) is 0 Å². The van der Waals surface area contributed by atoms with Crippen molar-refractivity contribution < 1.29 is 0 Å². The summed E-state index contributed by atoms with van der Waals surface area (Å²) in [7, 11) is 1.88. The Morgan fingerprint density at radius 3 is 2.68 bits per heavy atom. The van der Waals surface area contributed by atoms with E-state index in [-0.39, 0.29) is 5.56 Å². The molecule has 3 aromatic carbocycles. The molecule has 0 radical (unpaired) electrons. The molecule has 0 aliphatic carbocycles. The smallest absolute Gasteiger partial charge is 0.256 e. The molecule has 2 N–H and O–H groups in total. The number of aromatic amines is 2. The van der Waals surface area contributed by atoms with Crippen LogP contribution in [-0.2, 0) is 7.05 Å². The summed E-state index contributed by atoms with van der Waals surface area (Å²) in [4.78, 5) is 24.0. The van der Waals surface area contributed by atoms with E-state index < -0.39 is 0 Å². The van der Waals surface area contributed by atoms with Crippen LogP contribution in [0.25, 0.3) is 55.1 Å². The van der Waals surface area contributed by atoms with Crippen LogP contribution in [0.4, 0.5) is 0 Å². The number of rotatable bonds is 2. The highest BCUT2D eigenvalue weighted by atomic mass is 35.5. The van der Waals surface area contributed by atoms with Crippen LogP contribution in [0.3, 0.4) is 0 Å². The topological polar surface area (TPSA) is 79.4 Å². The monoisotopic (exact) mass is 425 g/mol. The van der Waals surface area contributed by atoms with E-state index in [9.17, 15) is 4.79 Å². The van der Waals surface area contributed by atoms with Crippen molar-refractivity contribution in [3.8, 4) is 22.5 Å². The van der Waals surface area contributed by atoms with Gasteiger partial charge in [0.2, 0.25) is 0 Å². The van der Waals surface area contributed by atoms with Gasteiger partial charge in [0.1, 0.15) is 5.82 Å². The molecule has 6 rings (SSSR count). The summed E-state index contributed by atoms with van der Waals surface area (Å²) in [5, 5.41) is 8.09. The van der Waals surface area contributed by atoms with Gasteiger partial charge in [-0.2, -0.15) is 5.10 Å². The van der Waals surface area contributed by atoms with Crippen molar-refractivity contribution >= 4 is 44.2 Å². The van der Waals surface area contributed by atoms with Crippen LogP contribution in [0.2, 0.25) is 5.02 Å². The number of aromatic nitrogens is 5. The lowest BCUT2D eigenvalue weighted by molar-refractivity contribution is 0.768. The first kappa shape index (κ1) is 17.9. The number of hydrogen-bond donors (Lipinski definition) is 2. The molecule has 0 aliphatic rings. The van der Waals surface area contributed by atoms with Gasteiger partial charge >= 0.3 is 0 Å². The number of halogens is 1. The van der Waals surface area contributed by atoms with Crippen LogP contribution >= 0.6 is 11.6 Å². The maximum absolute atomic E-state index is 12.9. The normalized spacial score (nSPS) is 11.7.